The van der Waals surface area contributed by atoms with Crippen LogP contribution < -0.4 is 0 Å². The summed E-state index contributed by atoms with van der Waals surface area (Å²) in [6.45, 7) is 11.4. The van der Waals surface area contributed by atoms with E-state index >= 15 is 0 Å². The molecule has 3 aromatic carbocycles. The van der Waals surface area contributed by atoms with Gasteiger partial charge < -0.3 is 4.42 Å². The van der Waals surface area contributed by atoms with Gasteiger partial charge in [-0.1, -0.05) is 65.0 Å². The number of hydrogen-bond acceptors (Lipinski definition) is 3. The van der Waals surface area contributed by atoms with Crippen molar-refractivity contribution in [2.24, 2.45) is 5.92 Å². The molecule has 36 heavy (non-hydrogen) atoms. The summed E-state index contributed by atoms with van der Waals surface area (Å²) in [7, 11) is 0. The van der Waals surface area contributed by atoms with E-state index in [4.69, 9.17) is 9.40 Å². The minimum absolute atomic E-state index is 0.0352. The first kappa shape index (κ1) is 23.0. The van der Waals surface area contributed by atoms with Crippen molar-refractivity contribution in [3.05, 3.63) is 90.3 Å². The molecule has 0 N–H and O–H groups in total. The summed E-state index contributed by atoms with van der Waals surface area (Å²) in [6, 6.07) is 24.3. The van der Waals surface area contributed by atoms with Crippen LogP contribution in [0.5, 0.6) is 0 Å². The SMILES string of the molecule is CC(C)Cc1ccc2occ(-c3cc4ccnc(-c5cc(C(C)(C)C)c6ccccc6c5)c4s3)c2c1. The van der Waals surface area contributed by atoms with Crippen LogP contribution in [0, 0.1) is 5.92 Å². The topological polar surface area (TPSA) is 26.0 Å². The summed E-state index contributed by atoms with van der Waals surface area (Å²) in [5, 5.41) is 4.98. The molecule has 3 heteroatoms. The monoisotopic (exact) mass is 489 g/mol. The van der Waals surface area contributed by atoms with Gasteiger partial charge in [0.25, 0.3) is 0 Å². The Bertz CT molecular complexity index is 1730. The molecular formula is C33H31NOS. The molecule has 0 radical (unpaired) electrons. The van der Waals surface area contributed by atoms with Crippen LogP contribution in [0.1, 0.15) is 45.7 Å². The van der Waals surface area contributed by atoms with Gasteiger partial charge in [-0.05, 0) is 81.4 Å². The lowest BCUT2D eigenvalue weighted by Crippen LogP contribution is -2.12. The summed E-state index contributed by atoms with van der Waals surface area (Å²) in [5.41, 5.74) is 7.07. The molecule has 3 heterocycles. The highest BCUT2D eigenvalue weighted by Gasteiger charge is 2.20. The van der Waals surface area contributed by atoms with Crippen LogP contribution in [0.3, 0.4) is 0 Å². The maximum Gasteiger partial charge on any atom is 0.134 e. The molecule has 0 fully saturated rings. The minimum Gasteiger partial charge on any atom is -0.464 e. The Morgan fingerprint density at radius 2 is 1.72 bits per heavy atom. The van der Waals surface area contributed by atoms with E-state index in [2.05, 4.69) is 101 Å². The summed E-state index contributed by atoms with van der Waals surface area (Å²) in [6.07, 6.45) is 4.92. The maximum absolute atomic E-state index is 5.97. The first-order chi connectivity index (χ1) is 17.3. The lowest BCUT2D eigenvalue weighted by Gasteiger charge is -2.22. The average molecular weight is 490 g/mol. The third-order valence-electron chi connectivity index (χ3n) is 6.92. The number of rotatable bonds is 4. The molecule has 0 aliphatic rings. The highest BCUT2D eigenvalue weighted by atomic mass is 32.1. The Morgan fingerprint density at radius 3 is 2.53 bits per heavy atom. The summed E-state index contributed by atoms with van der Waals surface area (Å²) < 4.78 is 7.18. The van der Waals surface area contributed by atoms with Gasteiger partial charge in [-0.2, -0.15) is 0 Å². The van der Waals surface area contributed by atoms with E-state index in [-0.39, 0.29) is 5.41 Å². The van der Waals surface area contributed by atoms with Gasteiger partial charge in [0.15, 0.2) is 0 Å². The molecule has 0 saturated carbocycles. The molecule has 6 rings (SSSR count). The number of furan rings is 1. The van der Waals surface area contributed by atoms with Crippen molar-refractivity contribution in [1.82, 2.24) is 4.98 Å². The second-order valence-electron chi connectivity index (χ2n) is 11.3. The predicted octanol–water partition coefficient (Wildman–Crippen LogP) is 10.0. The van der Waals surface area contributed by atoms with Crippen LogP contribution in [0.2, 0.25) is 0 Å². The summed E-state index contributed by atoms with van der Waals surface area (Å²) >= 11 is 1.81. The van der Waals surface area contributed by atoms with Crippen LogP contribution >= 0.6 is 11.3 Å². The molecule has 0 saturated heterocycles. The van der Waals surface area contributed by atoms with Crippen molar-refractivity contribution in [3.63, 3.8) is 0 Å². The first-order valence-corrected chi connectivity index (χ1v) is 13.5. The Balaban J connectivity index is 1.52. The third-order valence-corrected chi connectivity index (χ3v) is 8.12. The van der Waals surface area contributed by atoms with Gasteiger partial charge in [0.05, 0.1) is 10.4 Å². The maximum atomic E-state index is 5.97. The molecule has 0 atom stereocenters. The first-order valence-electron chi connectivity index (χ1n) is 12.7. The van der Waals surface area contributed by atoms with E-state index in [0.717, 1.165) is 23.3 Å². The standard InChI is InChI=1S/C33H31NOS/c1-20(2)14-21-10-11-29-26(15-21)27(19-35-29)30-18-23-12-13-34-31(32(23)36-30)24-16-22-8-6-7-9-25(22)28(17-24)33(3,4)5/h6-13,15-20H,14H2,1-5H3. The molecule has 3 aromatic heterocycles. The highest BCUT2D eigenvalue weighted by molar-refractivity contribution is 7.22. The summed E-state index contributed by atoms with van der Waals surface area (Å²) in [4.78, 5) is 6.12. The second kappa shape index (κ2) is 8.60. The van der Waals surface area contributed by atoms with Crippen molar-refractivity contribution in [1.29, 1.82) is 0 Å². The largest absolute Gasteiger partial charge is 0.464 e. The number of pyridine rings is 1. The highest BCUT2D eigenvalue weighted by Crippen LogP contribution is 2.43. The zero-order valence-corrected chi connectivity index (χ0v) is 22.4. The van der Waals surface area contributed by atoms with Gasteiger partial charge in [-0.15, -0.1) is 11.3 Å². The lowest BCUT2D eigenvalue weighted by molar-refractivity contribution is 0.596. The minimum atomic E-state index is 0.0352. The smallest absolute Gasteiger partial charge is 0.134 e. The number of aromatic nitrogens is 1. The van der Waals surface area contributed by atoms with E-state index in [9.17, 15) is 0 Å². The molecular weight excluding hydrogens is 458 g/mol. The van der Waals surface area contributed by atoms with Crippen LogP contribution in [0.25, 0.3) is 53.5 Å². The molecule has 0 spiro atoms. The molecule has 0 unspecified atom stereocenters. The lowest BCUT2D eigenvalue weighted by atomic mass is 9.82. The Morgan fingerprint density at radius 1 is 0.889 bits per heavy atom. The fourth-order valence-electron chi connectivity index (χ4n) is 5.24. The van der Waals surface area contributed by atoms with Crippen molar-refractivity contribution < 1.29 is 4.42 Å². The predicted molar refractivity (Wildman–Crippen MR) is 155 cm³/mol. The van der Waals surface area contributed by atoms with Crippen molar-refractivity contribution in [2.75, 3.05) is 0 Å². The Kier molecular flexibility index (Phi) is 5.49. The van der Waals surface area contributed by atoms with Gasteiger partial charge in [0.1, 0.15) is 11.8 Å². The number of fused-ring (bicyclic) bond motifs is 3. The molecule has 0 aliphatic carbocycles. The molecule has 0 aliphatic heterocycles. The summed E-state index contributed by atoms with van der Waals surface area (Å²) in [5.74, 6) is 0.621. The van der Waals surface area contributed by atoms with Crippen LogP contribution in [0.15, 0.2) is 83.6 Å². The van der Waals surface area contributed by atoms with Crippen LogP contribution in [0.4, 0.5) is 0 Å². The van der Waals surface area contributed by atoms with Gasteiger partial charge in [0, 0.05) is 27.6 Å². The quantitative estimate of drug-likeness (QED) is 0.246. The Labute approximate surface area is 216 Å². The Hall–Kier alpha value is -3.43. The van der Waals surface area contributed by atoms with Gasteiger partial charge in [-0.25, -0.2) is 0 Å². The van der Waals surface area contributed by atoms with E-state index in [1.165, 1.54) is 47.8 Å². The number of benzene rings is 3. The van der Waals surface area contributed by atoms with E-state index < -0.39 is 0 Å². The zero-order valence-electron chi connectivity index (χ0n) is 21.6. The average Bonchev–Trinajstić information content (AvgIpc) is 3.46. The van der Waals surface area contributed by atoms with Crippen LogP contribution in [-0.2, 0) is 11.8 Å². The third kappa shape index (κ3) is 4.02. The molecule has 6 aromatic rings. The molecule has 2 nitrogen and oxygen atoms in total. The van der Waals surface area contributed by atoms with Crippen LogP contribution in [-0.4, -0.2) is 4.98 Å². The van der Waals surface area contributed by atoms with Crippen molar-refractivity contribution >= 4 is 43.2 Å². The second-order valence-corrected chi connectivity index (χ2v) is 12.3. The van der Waals surface area contributed by atoms with E-state index in [0.29, 0.717) is 5.92 Å². The molecule has 180 valence electrons. The normalized spacial score (nSPS) is 12.4. The van der Waals surface area contributed by atoms with E-state index in [1.54, 1.807) is 0 Å². The van der Waals surface area contributed by atoms with Gasteiger partial charge >= 0.3 is 0 Å². The van der Waals surface area contributed by atoms with E-state index in [1.807, 2.05) is 23.8 Å². The number of thiophene rings is 1. The number of nitrogens with zero attached hydrogens (tertiary/aromatic N) is 1. The van der Waals surface area contributed by atoms with Crippen molar-refractivity contribution in [2.45, 2.75) is 46.5 Å². The fourth-order valence-corrected chi connectivity index (χ4v) is 6.42. The molecule has 0 amide bonds. The fraction of sp³-hybridized carbons (Fsp3) is 0.242. The van der Waals surface area contributed by atoms with Gasteiger partial charge in [-0.3, -0.25) is 4.98 Å². The zero-order chi connectivity index (χ0) is 25.0. The number of hydrogen-bond donors (Lipinski definition) is 0. The molecule has 0 bridgehead atoms. The van der Waals surface area contributed by atoms with Gasteiger partial charge in [0.2, 0.25) is 0 Å². The van der Waals surface area contributed by atoms with Crippen molar-refractivity contribution in [3.8, 4) is 21.7 Å².